The topological polar surface area (TPSA) is 56.1 Å². The zero-order valence-electron chi connectivity index (χ0n) is 14.0. The molecule has 0 saturated carbocycles. The Labute approximate surface area is 147 Å². The van der Waals surface area contributed by atoms with Gasteiger partial charge in [-0.3, -0.25) is 4.79 Å². The predicted octanol–water partition coefficient (Wildman–Crippen LogP) is 3.39. The van der Waals surface area contributed by atoms with Crippen LogP contribution in [0, 0.1) is 11.3 Å². The monoisotopic (exact) mass is 339 g/mol. The van der Waals surface area contributed by atoms with Crippen LogP contribution in [0.15, 0.2) is 58.3 Å². The molecule has 0 aliphatic rings. The van der Waals surface area contributed by atoms with Crippen LogP contribution >= 0.6 is 11.8 Å². The molecule has 2 aromatic carbocycles. The Hall–Kier alpha value is -2.29. The molecule has 0 radical (unpaired) electrons. The van der Waals surface area contributed by atoms with E-state index in [4.69, 9.17) is 0 Å². The summed E-state index contributed by atoms with van der Waals surface area (Å²) < 4.78 is 0. The largest absolute Gasteiger partial charge is 0.352 e. The molecule has 0 bridgehead atoms. The summed E-state index contributed by atoms with van der Waals surface area (Å²) in [6.45, 7) is 1.58. The van der Waals surface area contributed by atoms with Gasteiger partial charge in [0.25, 0.3) is 5.91 Å². The number of amides is 1. The molecular formula is C19H21N3OS. The molecule has 0 aliphatic carbocycles. The SMILES string of the molecule is CN(C)CCCNC(=O)c1ccccc1Sc1ccccc1C#N. The van der Waals surface area contributed by atoms with Crippen molar-refractivity contribution in [3.63, 3.8) is 0 Å². The quantitative estimate of drug-likeness (QED) is 0.786. The number of carbonyl (C=O) groups is 1. The van der Waals surface area contributed by atoms with Crippen molar-refractivity contribution < 1.29 is 4.79 Å². The number of hydrogen-bond donors (Lipinski definition) is 1. The van der Waals surface area contributed by atoms with E-state index < -0.39 is 0 Å². The summed E-state index contributed by atoms with van der Waals surface area (Å²) in [5.74, 6) is -0.0775. The van der Waals surface area contributed by atoms with Crippen molar-refractivity contribution in [2.45, 2.75) is 16.2 Å². The molecule has 0 atom stereocenters. The molecular weight excluding hydrogens is 318 g/mol. The van der Waals surface area contributed by atoms with Crippen LogP contribution in [0.4, 0.5) is 0 Å². The van der Waals surface area contributed by atoms with Gasteiger partial charge in [-0.2, -0.15) is 5.26 Å². The number of hydrogen-bond acceptors (Lipinski definition) is 4. The first-order chi connectivity index (χ1) is 11.6. The molecule has 0 heterocycles. The summed E-state index contributed by atoms with van der Waals surface area (Å²) in [6.07, 6.45) is 0.908. The predicted molar refractivity (Wildman–Crippen MR) is 97.2 cm³/mol. The van der Waals surface area contributed by atoms with Crippen LogP contribution in [0.3, 0.4) is 0 Å². The number of rotatable bonds is 7. The standard InChI is InChI=1S/C19H21N3OS/c1-22(2)13-7-12-21-19(23)16-9-4-6-11-18(16)24-17-10-5-3-8-15(17)14-20/h3-6,8-11H,7,12-13H2,1-2H3,(H,21,23). The maximum atomic E-state index is 12.5. The van der Waals surface area contributed by atoms with E-state index in [1.807, 2.05) is 56.6 Å². The maximum absolute atomic E-state index is 12.5. The van der Waals surface area contributed by atoms with Crippen LogP contribution in [0.25, 0.3) is 0 Å². The Balaban J connectivity index is 2.10. The average Bonchev–Trinajstić information content (AvgIpc) is 2.59. The molecule has 0 spiro atoms. The third kappa shape index (κ3) is 5.12. The van der Waals surface area contributed by atoms with Gasteiger partial charge in [0.1, 0.15) is 6.07 Å². The zero-order chi connectivity index (χ0) is 17.4. The van der Waals surface area contributed by atoms with E-state index in [-0.39, 0.29) is 5.91 Å². The van der Waals surface area contributed by atoms with Gasteiger partial charge in [0.15, 0.2) is 0 Å². The number of nitrogens with one attached hydrogen (secondary N) is 1. The van der Waals surface area contributed by atoms with E-state index in [2.05, 4.69) is 16.3 Å². The van der Waals surface area contributed by atoms with Crippen LogP contribution in [0.1, 0.15) is 22.3 Å². The molecule has 5 heteroatoms. The van der Waals surface area contributed by atoms with Crippen molar-refractivity contribution in [1.82, 2.24) is 10.2 Å². The van der Waals surface area contributed by atoms with Gasteiger partial charge in [0.05, 0.1) is 11.1 Å². The van der Waals surface area contributed by atoms with Crippen molar-refractivity contribution in [3.05, 3.63) is 59.7 Å². The Morgan fingerprint density at radius 1 is 1.12 bits per heavy atom. The Kier molecular flexibility index (Phi) is 6.86. The fourth-order valence-corrected chi connectivity index (χ4v) is 3.23. The van der Waals surface area contributed by atoms with Gasteiger partial charge >= 0.3 is 0 Å². The normalized spacial score (nSPS) is 10.4. The van der Waals surface area contributed by atoms with Gasteiger partial charge in [-0.05, 0) is 51.3 Å². The number of nitrogens with zero attached hydrogens (tertiary/aromatic N) is 2. The Bertz CT molecular complexity index is 737. The first-order valence-electron chi connectivity index (χ1n) is 7.80. The second-order valence-corrected chi connectivity index (χ2v) is 6.70. The minimum absolute atomic E-state index is 0.0775. The summed E-state index contributed by atoms with van der Waals surface area (Å²) >= 11 is 1.45. The first kappa shape index (κ1) is 18.1. The Morgan fingerprint density at radius 2 is 1.79 bits per heavy atom. The summed E-state index contributed by atoms with van der Waals surface area (Å²) in [7, 11) is 4.03. The average molecular weight is 339 g/mol. The van der Waals surface area contributed by atoms with Crippen molar-refractivity contribution in [1.29, 1.82) is 5.26 Å². The van der Waals surface area contributed by atoms with E-state index in [9.17, 15) is 10.1 Å². The molecule has 0 unspecified atom stereocenters. The van der Waals surface area contributed by atoms with E-state index in [1.54, 1.807) is 6.07 Å². The van der Waals surface area contributed by atoms with Crippen LogP contribution in [0.2, 0.25) is 0 Å². The zero-order valence-corrected chi connectivity index (χ0v) is 14.8. The number of nitriles is 1. The molecule has 0 saturated heterocycles. The lowest BCUT2D eigenvalue weighted by Crippen LogP contribution is -2.27. The number of carbonyl (C=O) groups excluding carboxylic acids is 1. The summed E-state index contributed by atoms with van der Waals surface area (Å²) in [6, 6.07) is 17.1. The molecule has 2 rings (SSSR count). The summed E-state index contributed by atoms with van der Waals surface area (Å²) in [4.78, 5) is 16.3. The van der Waals surface area contributed by atoms with E-state index in [1.165, 1.54) is 11.8 Å². The third-order valence-corrected chi connectivity index (χ3v) is 4.58. The van der Waals surface area contributed by atoms with Crippen molar-refractivity contribution in [3.8, 4) is 6.07 Å². The van der Waals surface area contributed by atoms with Crippen LogP contribution in [-0.2, 0) is 0 Å². The molecule has 4 nitrogen and oxygen atoms in total. The third-order valence-electron chi connectivity index (χ3n) is 3.43. The van der Waals surface area contributed by atoms with Crippen molar-refractivity contribution >= 4 is 17.7 Å². The molecule has 1 amide bonds. The molecule has 0 fully saturated rings. The molecule has 0 aromatic heterocycles. The minimum atomic E-state index is -0.0775. The van der Waals surface area contributed by atoms with Gasteiger partial charge in [-0.25, -0.2) is 0 Å². The summed E-state index contributed by atoms with van der Waals surface area (Å²) in [5.41, 5.74) is 1.25. The van der Waals surface area contributed by atoms with Gasteiger partial charge in [-0.1, -0.05) is 36.0 Å². The molecule has 124 valence electrons. The second kappa shape index (κ2) is 9.11. The highest BCUT2D eigenvalue weighted by Gasteiger charge is 2.13. The first-order valence-corrected chi connectivity index (χ1v) is 8.62. The number of benzene rings is 2. The highest BCUT2D eigenvalue weighted by Crippen LogP contribution is 2.32. The van der Waals surface area contributed by atoms with Crippen LogP contribution in [-0.4, -0.2) is 38.0 Å². The molecule has 1 N–H and O–H groups in total. The summed E-state index contributed by atoms with van der Waals surface area (Å²) in [5, 5.41) is 12.2. The van der Waals surface area contributed by atoms with Crippen molar-refractivity contribution in [2.75, 3.05) is 27.2 Å². The lowest BCUT2D eigenvalue weighted by atomic mass is 10.2. The van der Waals surface area contributed by atoms with Crippen LogP contribution < -0.4 is 5.32 Å². The van der Waals surface area contributed by atoms with E-state index in [0.29, 0.717) is 17.7 Å². The molecule has 24 heavy (non-hydrogen) atoms. The Morgan fingerprint density at radius 3 is 2.50 bits per heavy atom. The highest BCUT2D eigenvalue weighted by molar-refractivity contribution is 7.99. The lowest BCUT2D eigenvalue weighted by Gasteiger charge is -2.12. The lowest BCUT2D eigenvalue weighted by molar-refractivity contribution is 0.0949. The molecule has 0 aliphatic heterocycles. The fraction of sp³-hybridized carbons (Fsp3) is 0.263. The van der Waals surface area contributed by atoms with Gasteiger partial charge in [-0.15, -0.1) is 0 Å². The fourth-order valence-electron chi connectivity index (χ4n) is 2.20. The van der Waals surface area contributed by atoms with Crippen molar-refractivity contribution in [2.24, 2.45) is 0 Å². The molecule has 2 aromatic rings. The van der Waals surface area contributed by atoms with Gasteiger partial charge in [0.2, 0.25) is 0 Å². The van der Waals surface area contributed by atoms with Gasteiger partial charge < -0.3 is 10.2 Å². The van der Waals surface area contributed by atoms with Crippen LogP contribution in [0.5, 0.6) is 0 Å². The van der Waals surface area contributed by atoms with Gasteiger partial charge in [0, 0.05) is 16.3 Å². The van der Waals surface area contributed by atoms with E-state index in [0.717, 1.165) is 22.8 Å². The minimum Gasteiger partial charge on any atom is -0.352 e. The maximum Gasteiger partial charge on any atom is 0.252 e. The second-order valence-electron chi connectivity index (χ2n) is 5.62. The smallest absolute Gasteiger partial charge is 0.252 e. The highest BCUT2D eigenvalue weighted by atomic mass is 32.2. The van der Waals surface area contributed by atoms with E-state index >= 15 is 0 Å².